The summed E-state index contributed by atoms with van der Waals surface area (Å²) in [5.74, 6) is -1.49. The van der Waals surface area contributed by atoms with Crippen molar-refractivity contribution in [3.8, 4) is 5.75 Å². The monoisotopic (exact) mass is 262 g/mol. The molecule has 0 unspecified atom stereocenters. The minimum Gasteiger partial charge on any atom is -0.492 e. The number of benzene rings is 1. The third-order valence-electron chi connectivity index (χ3n) is 1.62. The van der Waals surface area contributed by atoms with Crippen molar-refractivity contribution in [2.75, 3.05) is 7.11 Å². The van der Waals surface area contributed by atoms with Crippen molar-refractivity contribution in [2.24, 2.45) is 0 Å². The van der Waals surface area contributed by atoms with Crippen molar-refractivity contribution in [3.05, 3.63) is 28.0 Å². The number of hydrogen-bond donors (Lipinski definition) is 1. The third-order valence-corrected chi connectivity index (χ3v) is 2.21. The van der Waals surface area contributed by atoms with Crippen molar-refractivity contribution in [3.63, 3.8) is 0 Å². The zero-order chi connectivity index (χ0) is 10.7. The van der Waals surface area contributed by atoms with Crippen LogP contribution in [-0.2, 0) is 11.2 Å². The second kappa shape index (κ2) is 4.41. The second-order valence-corrected chi connectivity index (χ2v) is 3.52. The van der Waals surface area contributed by atoms with Gasteiger partial charge in [-0.2, -0.15) is 0 Å². The Balaban J connectivity index is 3.07. The molecule has 0 aliphatic carbocycles. The van der Waals surface area contributed by atoms with Crippen molar-refractivity contribution >= 4 is 21.9 Å². The Labute approximate surface area is 88.6 Å². The highest BCUT2D eigenvalue weighted by Gasteiger charge is 2.11. The SMILES string of the molecule is COc1c(F)cc(CC(=O)O)cc1Br. The number of rotatable bonds is 3. The summed E-state index contributed by atoms with van der Waals surface area (Å²) in [6, 6.07) is 2.67. The summed E-state index contributed by atoms with van der Waals surface area (Å²) in [7, 11) is 1.35. The van der Waals surface area contributed by atoms with Gasteiger partial charge in [-0.15, -0.1) is 0 Å². The Hall–Kier alpha value is -1.10. The molecule has 0 spiro atoms. The summed E-state index contributed by atoms with van der Waals surface area (Å²) in [5, 5.41) is 8.51. The Morgan fingerprint density at radius 1 is 1.64 bits per heavy atom. The number of carbonyl (C=O) groups is 1. The maximum Gasteiger partial charge on any atom is 0.307 e. The predicted octanol–water partition coefficient (Wildman–Crippen LogP) is 2.22. The zero-order valence-corrected chi connectivity index (χ0v) is 8.97. The van der Waals surface area contributed by atoms with Crippen LogP contribution >= 0.6 is 15.9 Å². The molecule has 1 rings (SSSR count). The average molecular weight is 263 g/mol. The van der Waals surface area contributed by atoms with Crippen LogP contribution in [0.1, 0.15) is 5.56 Å². The molecule has 0 fully saturated rings. The Morgan fingerprint density at radius 2 is 2.29 bits per heavy atom. The molecule has 0 saturated heterocycles. The van der Waals surface area contributed by atoms with Gasteiger partial charge < -0.3 is 9.84 Å². The molecular formula is C9H8BrFO3. The van der Waals surface area contributed by atoms with E-state index in [-0.39, 0.29) is 12.2 Å². The van der Waals surface area contributed by atoms with Gasteiger partial charge in [0.1, 0.15) is 0 Å². The third kappa shape index (κ3) is 2.45. The van der Waals surface area contributed by atoms with E-state index in [1.165, 1.54) is 13.2 Å². The first-order valence-corrected chi connectivity index (χ1v) is 4.57. The quantitative estimate of drug-likeness (QED) is 0.909. The first-order valence-electron chi connectivity index (χ1n) is 3.78. The molecule has 0 aromatic heterocycles. The molecule has 14 heavy (non-hydrogen) atoms. The lowest BCUT2D eigenvalue weighted by Gasteiger charge is -2.06. The van der Waals surface area contributed by atoms with Crippen LogP contribution in [0.4, 0.5) is 4.39 Å². The van der Waals surface area contributed by atoms with E-state index in [2.05, 4.69) is 15.9 Å². The number of carboxylic acid groups (broad SMARTS) is 1. The zero-order valence-electron chi connectivity index (χ0n) is 7.38. The second-order valence-electron chi connectivity index (χ2n) is 2.66. The maximum atomic E-state index is 13.2. The number of halogens is 2. The first-order chi connectivity index (χ1) is 6.54. The maximum absolute atomic E-state index is 13.2. The molecule has 0 aliphatic heterocycles. The highest BCUT2D eigenvalue weighted by molar-refractivity contribution is 9.10. The average Bonchev–Trinajstić information content (AvgIpc) is 2.01. The van der Waals surface area contributed by atoms with E-state index in [0.717, 1.165) is 6.07 Å². The molecule has 0 saturated carbocycles. The lowest BCUT2D eigenvalue weighted by Crippen LogP contribution is -2.01. The van der Waals surface area contributed by atoms with Crippen LogP contribution in [0, 0.1) is 5.82 Å². The van der Waals surface area contributed by atoms with E-state index in [1.807, 2.05) is 0 Å². The number of hydrogen-bond acceptors (Lipinski definition) is 2. The number of ether oxygens (including phenoxy) is 1. The number of methoxy groups -OCH3 is 1. The topological polar surface area (TPSA) is 46.5 Å². The van der Waals surface area contributed by atoms with Gasteiger partial charge in [0.05, 0.1) is 18.0 Å². The van der Waals surface area contributed by atoms with E-state index in [0.29, 0.717) is 10.0 Å². The van der Waals surface area contributed by atoms with Gasteiger partial charge in [0, 0.05) is 0 Å². The lowest BCUT2D eigenvalue weighted by atomic mass is 10.1. The summed E-state index contributed by atoms with van der Waals surface area (Å²) in [5.41, 5.74) is 0.391. The molecule has 5 heteroatoms. The highest BCUT2D eigenvalue weighted by atomic mass is 79.9. The lowest BCUT2D eigenvalue weighted by molar-refractivity contribution is -0.136. The minimum absolute atomic E-state index is 0.0825. The van der Waals surface area contributed by atoms with Gasteiger partial charge >= 0.3 is 5.97 Å². The van der Waals surface area contributed by atoms with Crippen molar-refractivity contribution < 1.29 is 19.0 Å². The van der Waals surface area contributed by atoms with Gasteiger partial charge in [-0.05, 0) is 33.6 Å². The Kier molecular flexibility index (Phi) is 3.46. The van der Waals surface area contributed by atoms with E-state index < -0.39 is 11.8 Å². The van der Waals surface area contributed by atoms with Crippen LogP contribution in [0.5, 0.6) is 5.75 Å². The largest absolute Gasteiger partial charge is 0.492 e. The van der Waals surface area contributed by atoms with Crippen LogP contribution in [-0.4, -0.2) is 18.2 Å². The molecule has 3 nitrogen and oxygen atoms in total. The van der Waals surface area contributed by atoms with Crippen LogP contribution in [0.25, 0.3) is 0 Å². The Morgan fingerprint density at radius 3 is 2.71 bits per heavy atom. The van der Waals surface area contributed by atoms with Gasteiger partial charge in [0.15, 0.2) is 11.6 Å². The summed E-state index contributed by atoms with van der Waals surface area (Å²) in [6.07, 6.45) is -0.209. The fourth-order valence-electron chi connectivity index (χ4n) is 1.08. The number of carboxylic acids is 1. The van der Waals surface area contributed by atoms with E-state index in [9.17, 15) is 9.18 Å². The molecule has 0 amide bonds. The minimum atomic E-state index is -0.999. The smallest absolute Gasteiger partial charge is 0.307 e. The van der Waals surface area contributed by atoms with E-state index in [4.69, 9.17) is 9.84 Å². The predicted molar refractivity (Wildman–Crippen MR) is 52.0 cm³/mol. The fraction of sp³-hybridized carbons (Fsp3) is 0.222. The van der Waals surface area contributed by atoms with Gasteiger partial charge in [-0.25, -0.2) is 4.39 Å². The van der Waals surface area contributed by atoms with Gasteiger partial charge in [0.2, 0.25) is 0 Å². The normalized spacial score (nSPS) is 9.93. The molecule has 1 aromatic rings. The van der Waals surface area contributed by atoms with E-state index in [1.54, 1.807) is 0 Å². The first kappa shape index (κ1) is 11.0. The van der Waals surface area contributed by atoms with Crippen molar-refractivity contribution in [1.82, 2.24) is 0 Å². The summed E-state index contributed by atoms with van der Waals surface area (Å²) in [6.45, 7) is 0. The molecule has 0 aliphatic rings. The van der Waals surface area contributed by atoms with Gasteiger partial charge in [0.25, 0.3) is 0 Å². The Bertz CT molecular complexity index is 342. The molecule has 0 heterocycles. The molecular weight excluding hydrogens is 255 g/mol. The van der Waals surface area contributed by atoms with Gasteiger partial charge in [-0.3, -0.25) is 4.79 Å². The fourth-order valence-corrected chi connectivity index (χ4v) is 1.73. The van der Waals surface area contributed by atoms with E-state index >= 15 is 0 Å². The van der Waals surface area contributed by atoms with Crippen LogP contribution < -0.4 is 4.74 Å². The number of aliphatic carboxylic acids is 1. The van der Waals surface area contributed by atoms with Crippen molar-refractivity contribution in [1.29, 1.82) is 0 Å². The summed E-state index contributed by atoms with van der Waals surface area (Å²) < 4.78 is 18.4. The van der Waals surface area contributed by atoms with Gasteiger partial charge in [-0.1, -0.05) is 0 Å². The standard InChI is InChI=1S/C9H8BrFO3/c1-14-9-6(10)2-5(3-7(9)11)4-8(12)13/h2-3H,4H2,1H3,(H,12,13). The molecule has 1 aromatic carbocycles. The summed E-state index contributed by atoms with van der Waals surface area (Å²) in [4.78, 5) is 10.4. The molecule has 0 bridgehead atoms. The molecule has 1 N–H and O–H groups in total. The summed E-state index contributed by atoms with van der Waals surface area (Å²) >= 11 is 3.09. The highest BCUT2D eigenvalue weighted by Crippen LogP contribution is 2.29. The molecule has 0 atom stereocenters. The van der Waals surface area contributed by atoms with Crippen LogP contribution in [0.3, 0.4) is 0 Å². The van der Waals surface area contributed by atoms with Crippen LogP contribution in [0.2, 0.25) is 0 Å². The molecule has 0 radical (unpaired) electrons. The van der Waals surface area contributed by atoms with Crippen LogP contribution in [0.15, 0.2) is 16.6 Å². The molecule has 76 valence electrons. The van der Waals surface area contributed by atoms with Crippen molar-refractivity contribution in [2.45, 2.75) is 6.42 Å².